The van der Waals surface area contributed by atoms with Gasteiger partial charge in [0.1, 0.15) is 0 Å². The third kappa shape index (κ3) is 4.40. The number of rotatable bonds is 6. The summed E-state index contributed by atoms with van der Waals surface area (Å²) in [4.78, 5) is 2.23. The van der Waals surface area contributed by atoms with E-state index >= 15 is 0 Å². The van der Waals surface area contributed by atoms with E-state index in [4.69, 9.17) is 5.11 Å². The molecule has 0 saturated heterocycles. The van der Waals surface area contributed by atoms with E-state index in [1.807, 2.05) is 6.92 Å². The Bertz CT molecular complexity index is 140. The SMILES string of the molecule is CC(CO)C(O)CN(C(C)C)C(C)C. The molecule has 0 heterocycles. The summed E-state index contributed by atoms with van der Waals surface area (Å²) in [5, 5.41) is 18.7. The molecule has 0 bridgehead atoms. The lowest BCUT2D eigenvalue weighted by molar-refractivity contribution is 0.0248. The summed E-state index contributed by atoms with van der Waals surface area (Å²) in [7, 11) is 0. The van der Waals surface area contributed by atoms with E-state index in [2.05, 4.69) is 32.6 Å². The van der Waals surface area contributed by atoms with Gasteiger partial charge in [-0.3, -0.25) is 4.90 Å². The molecule has 3 heteroatoms. The van der Waals surface area contributed by atoms with Crippen molar-refractivity contribution in [2.75, 3.05) is 13.2 Å². The van der Waals surface area contributed by atoms with Gasteiger partial charge in [0.25, 0.3) is 0 Å². The van der Waals surface area contributed by atoms with Crippen LogP contribution in [0, 0.1) is 5.92 Å². The molecule has 0 fully saturated rings. The van der Waals surface area contributed by atoms with Crippen LogP contribution in [0.3, 0.4) is 0 Å². The van der Waals surface area contributed by atoms with Gasteiger partial charge in [-0.2, -0.15) is 0 Å². The van der Waals surface area contributed by atoms with Crippen LogP contribution >= 0.6 is 0 Å². The minimum absolute atomic E-state index is 0.0463. The predicted octanol–water partition coefficient (Wildman–Crippen LogP) is 1.09. The van der Waals surface area contributed by atoms with Crippen LogP contribution in [-0.4, -0.2) is 46.5 Å². The molecule has 2 unspecified atom stereocenters. The molecule has 0 aromatic rings. The van der Waals surface area contributed by atoms with Gasteiger partial charge in [-0.1, -0.05) is 6.92 Å². The van der Waals surface area contributed by atoms with Crippen LogP contribution in [0.15, 0.2) is 0 Å². The number of nitrogens with zero attached hydrogens (tertiary/aromatic N) is 1. The van der Waals surface area contributed by atoms with Crippen molar-refractivity contribution in [3.8, 4) is 0 Å². The maximum atomic E-state index is 9.78. The van der Waals surface area contributed by atoms with Crippen molar-refractivity contribution in [3.05, 3.63) is 0 Å². The van der Waals surface area contributed by atoms with Crippen molar-refractivity contribution >= 4 is 0 Å². The third-order valence-corrected chi connectivity index (χ3v) is 2.67. The Morgan fingerprint density at radius 3 is 1.71 bits per heavy atom. The maximum Gasteiger partial charge on any atom is 0.0714 e. The Balaban J connectivity index is 4.16. The molecule has 0 amide bonds. The van der Waals surface area contributed by atoms with Gasteiger partial charge in [0.2, 0.25) is 0 Å². The lowest BCUT2D eigenvalue weighted by Crippen LogP contribution is -2.44. The summed E-state index contributed by atoms with van der Waals surface area (Å²) in [5.41, 5.74) is 0. The molecule has 0 aliphatic heterocycles. The molecular formula is C11H25NO2. The zero-order chi connectivity index (χ0) is 11.3. The highest BCUT2D eigenvalue weighted by Gasteiger charge is 2.20. The maximum absolute atomic E-state index is 9.78. The first-order valence-electron chi connectivity index (χ1n) is 5.44. The Kier molecular flexibility index (Phi) is 6.33. The average molecular weight is 203 g/mol. The minimum Gasteiger partial charge on any atom is -0.396 e. The van der Waals surface area contributed by atoms with E-state index < -0.39 is 6.10 Å². The second kappa shape index (κ2) is 6.38. The lowest BCUT2D eigenvalue weighted by Gasteiger charge is -2.33. The molecule has 2 atom stereocenters. The molecule has 3 nitrogen and oxygen atoms in total. The van der Waals surface area contributed by atoms with Crippen molar-refractivity contribution in [2.45, 2.75) is 52.8 Å². The van der Waals surface area contributed by atoms with E-state index in [0.29, 0.717) is 18.6 Å². The highest BCUT2D eigenvalue weighted by molar-refractivity contribution is 4.74. The largest absolute Gasteiger partial charge is 0.396 e. The quantitative estimate of drug-likeness (QED) is 0.679. The van der Waals surface area contributed by atoms with Crippen LogP contribution in [0.1, 0.15) is 34.6 Å². The number of hydrogen-bond acceptors (Lipinski definition) is 3. The molecular weight excluding hydrogens is 178 g/mol. The fourth-order valence-corrected chi connectivity index (χ4v) is 1.54. The number of aliphatic hydroxyl groups is 2. The highest BCUT2D eigenvalue weighted by Crippen LogP contribution is 2.10. The lowest BCUT2D eigenvalue weighted by atomic mass is 10.0. The van der Waals surface area contributed by atoms with Gasteiger partial charge in [0.05, 0.1) is 6.10 Å². The first kappa shape index (κ1) is 13.9. The summed E-state index contributed by atoms with van der Waals surface area (Å²) in [6, 6.07) is 0.853. The molecule has 0 rings (SSSR count). The summed E-state index contributed by atoms with van der Waals surface area (Å²) in [6.07, 6.45) is -0.440. The van der Waals surface area contributed by atoms with Gasteiger partial charge in [0, 0.05) is 31.2 Å². The van der Waals surface area contributed by atoms with Crippen molar-refractivity contribution in [1.82, 2.24) is 4.90 Å². The summed E-state index contributed by atoms with van der Waals surface area (Å²) < 4.78 is 0. The van der Waals surface area contributed by atoms with Gasteiger partial charge in [-0.25, -0.2) is 0 Å². The Morgan fingerprint density at radius 1 is 1.00 bits per heavy atom. The standard InChI is InChI=1S/C11H25NO2/c1-8(2)12(9(3)4)6-11(14)10(5)7-13/h8-11,13-14H,6-7H2,1-5H3. The third-order valence-electron chi connectivity index (χ3n) is 2.67. The second-order valence-corrected chi connectivity index (χ2v) is 4.61. The van der Waals surface area contributed by atoms with Gasteiger partial charge in [-0.05, 0) is 27.7 Å². The molecule has 0 aromatic heterocycles. The number of aliphatic hydroxyl groups excluding tert-OH is 2. The van der Waals surface area contributed by atoms with Crippen LogP contribution in [0.25, 0.3) is 0 Å². The molecule has 0 aliphatic rings. The summed E-state index contributed by atoms with van der Waals surface area (Å²) >= 11 is 0. The average Bonchev–Trinajstić information content (AvgIpc) is 2.11. The van der Waals surface area contributed by atoms with Crippen LogP contribution in [0.5, 0.6) is 0 Å². The molecule has 0 aliphatic carbocycles. The van der Waals surface area contributed by atoms with Gasteiger partial charge >= 0.3 is 0 Å². The van der Waals surface area contributed by atoms with Crippen molar-refractivity contribution < 1.29 is 10.2 Å². The van der Waals surface area contributed by atoms with Crippen molar-refractivity contribution in [2.24, 2.45) is 5.92 Å². The van der Waals surface area contributed by atoms with E-state index in [-0.39, 0.29) is 12.5 Å². The Morgan fingerprint density at radius 2 is 1.43 bits per heavy atom. The first-order valence-corrected chi connectivity index (χ1v) is 5.44. The normalized spacial score (nSPS) is 16.7. The van der Waals surface area contributed by atoms with E-state index in [9.17, 15) is 5.11 Å². The zero-order valence-corrected chi connectivity index (χ0v) is 10.1. The molecule has 0 saturated carbocycles. The predicted molar refractivity (Wildman–Crippen MR) is 59.2 cm³/mol. The molecule has 86 valence electrons. The molecule has 2 N–H and O–H groups in total. The van der Waals surface area contributed by atoms with Crippen LogP contribution in [0.4, 0.5) is 0 Å². The minimum atomic E-state index is -0.440. The Hall–Kier alpha value is -0.120. The van der Waals surface area contributed by atoms with Gasteiger partial charge < -0.3 is 10.2 Å². The van der Waals surface area contributed by atoms with Crippen molar-refractivity contribution in [1.29, 1.82) is 0 Å². The molecule has 0 radical (unpaired) electrons. The van der Waals surface area contributed by atoms with Crippen LogP contribution in [0.2, 0.25) is 0 Å². The molecule has 14 heavy (non-hydrogen) atoms. The van der Waals surface area contributed by atoms with E-state index in [1.54, 1.807) is 0 Å². The first-order chi connectivity index (χ1) is 6.40. The highest BCUT2D eigenvalue weighted by atomic mass is 16.3. The monoisotopic (exact) mass is 203 g/mol. The van der Waals surface area contributed by atoms with E-state index in [1.165, 1.54) is 0 Å². The number of hydrogen-bond donors (Lipinski definition) is 2. The van der Waals surface area contributed by atoms with Gasteiger partial charge in [-0.15, -0.1) is 0 Å². The van der Waals surface area contributed by atoms with Crippen molar-refractivity contribution in [3.63, 3.8) is 0 Å². The topological polar surface area (TPSA) is 43.7 Å². The smallest absolute Gasteiger partial charge is 0.0714 e. The second-order valence-electron chi connectivity index (χ2n) is 4.61. The molecule has 0 spiro atoms. The van der Waals surface area contributed by atoms with Gasteiger partial charge in [0.15, 0.2) is 0 Å². The summed E-state index contributed by atoms with van der Waals surface area (Å²) in [5.74, 6) is -0.0463. The zero-order valence-electron chi connectivity index (χ0n) is 10.1. The van der Waals surface area contributed by atoms with E-state index in [0.717, 1.165) is 0 Å². The molecule has 0 aromatic carbocycles. The van der Waals surface area contributed by atoms with Crippen LogP contribution < -0.4 is 0 Å². The fourth-order valence-electron chi connectivity index (χ4n) is 1.54. The Labute approximate surface area is 87.7 Å². The fraction of sp³-hybridized carbons (Fsp3) is 1.00. The summed E-state index contributed by atoms with van der Waals surface area (Å²) in [6.45, 7) is 11.0. The van der Waals surface area contributed by atoms with Crippen LogP contribution in [-0.2, 0) is 0 Å².